The molecule has 0 amide bonds. The molecule has 212 valence electrons. The van der Waals surface area contributed by atoms with Crippen molar-refractivity contribution in [1.82, 2.24) is 0 Å². The van der Waals surface area contributed by atoms with Crippen molar-refractivity contribution in [1.29, 1.82) is 0 Å². The molecule has 0 aliphatic rings. The van der Waals surface area contributed by atoms with E-state index in [0.29, 0.717) is 0 Å². The zero-order chi connectivity index (χ0) is 29.9. The van der Waals surface area contributed by atoms with Gasteiger partial charge in [0.1, 0.15) is 0 Å². The molecule has 6 aromatic carbocycles. The fraction of sp³-hybridized carbons (Fsp3) is 0.0250. The molecule has 0 bridgehead atoms. The van der Waals surface area contributed by atoms with Crippen LogP contribution < -0.4 is 0 Å². The predicted molar refractivity (Wildman–Crippen MR) is 191 cm³/mol. The number of fused-ring (bicyclic) bond motifs is 4. The molecule has 2 aromatic heterocycles. The first-order valence-corrected chi connectivity index (χ1v) is 16.1. The summed E-state index contributed by atoms with van der Waals surface area (Å²) in [4.78, 5) is 11.5. The van der Waals surface area contributed by atoms with Gasteiger partial charge >= 0.3 is 0 Å². The van der Waals surface area contributed by atoms with Crippen LogP contribution in [0.4, 0.5) is 0 Å². The van der Waals surface area contributed by atoms with Crippen molar-refractivity contribution >= 4 is 76.8 Å². The first-order chi connectivity index (χ1) is 21.8. The smallest absolute Gasteiger partial charge is 0.150 e. The Morgan fingerprint density at radius 2 is 0.977 bits per heavy atom. The molecule has 0 saturated carbocycles. The van der Waals surface area contributed by atoms with E-state index in [1.54, 1.807) is 36.0 Å². The van der Waals surface area contributed by atoms with E-state index in [1.807, 2.05) is 42.5 Å². The van der Waals surface area contributed by atoms with Crippen molar-refractivity contribution in [3.63, 3.8) is 0 Å². The van der Waals surface area contributed by atoms with Crippen molar-refractivity contribution in [2.75, 3.05) is 7.11 Å². The number of carbonyl (C=O) groups is 1. The van der Waals surface area contributed by atoms with Gasteiger partial charge in [-0.25, -0.2) is 0 Å². The normalized spacial score (nSPS) is 11.3. The van der Waals surface area contributed by atoms with E-state index >= 15 is 0 Å². The molecule has 2 heterocycles. The molecule has 0 fully saturated rings. The van der Waals surface area contributed by atoms with Crippen molar-refractivity contribution in [2.24, 2.45) is 0 Å². The van der Waals surface area contributed by atoms with Gasteiger partial charge in [0.25, 0.3) is 0 Å². The van der Waals surface area contributed by atoms with Crippen molar-refractivity contribution in [3.05, 3.63) is 149 Å². The van der Waals surface area contributed by atoms with Crippen molar-refractivity contribution in [3.8, 4) is 22.3 Å². The molecule has 0 radical (unpaired) electrons. The molecule has 0 spiro atoms. The van der Waals surface area contributed by atoms with Gasteiger partial charge in [0.05, 0.1) is 13.4 Å². The van der Waals surface area contributed by atoms with Gasteiger partial charge in [0.2, 0.25) is 0 Å². The third-order valence-corrected chi connectivity index (χ3v) is 9.86. The van der Waals surface area contributed by atoms with Crippen LogP contribution in [0.1, 0.15) is 15.9 Å². The van der Waals surface area contributed by atoms with Crippen molar-refractivity contribution < 1.29 is 9.53 Å². The van der Waals surface area contributed by atoms with Gasteiger partial charge in [-0.3, -0.25) is 4.79 Å². The molecule has 8 aromatic rings. The van der Waals surface area contributed by atoms with Crippen LogP contribution in [0.5, 0.6) is 0 Å². The second-order valence-electron chi connectivity index (χ2n) is 10.4. The third kappa shape index (κ3) is 5.09. The zero-order valence-corrected chi connectivity index (χ0v) is 25.7. The number of hydrogen-bond donors (Lipinski definition) is 0. The van der Waals surface area contributed by atoms with Crippen LogP contribution in [0.25, 0.3) is 70.0 Å². The van der Waals surface area contributed by atoms with Crippen LogP contribution >= 0.6 is 22.7 Å². The highest BCUT2D eigenvalue weighted by Crippen LogP contribution is 2.41. The summed E-state index contributed by atoms with van der Waals surface area (Å²) in [7, 11) is 1.68. The number of hydrogen-bond acceptors (Lipinski definition) is 4. The fourth-order valence-corrected chi connectivity index (χ4v) is 7.80. The van der Waals surface area contributed by atoms with Gasteiger partial charge in [-0.1, -0.05) is 109 Å². The molecule has 0 saturated heterocycles. The van der Waals surface area contributed by atoms with Gasteiger partial charge in [0, 0.05) is 42.4 Å². The third-order valence-electron chi connectivity index (χ3n) is 7.93. The zero-order valence-electron chi connectivity index (χ0n) is 24.1. The van der Waals surface area contributed by atoms with Crippen LogP contribution in [0.2, 0.25) is 0 Å². The maximum absolute atomic E-state index is 11.5. The number of ether oxygens (including phenoxy) is 1. The Morgan fingerprint density at radius 3 is 1.50 bits per heavy atom. The molecule has 0 N–H and O–H groups in total. The summed E-state index contributed by atoms with van der Waals surface area (Å²) >= 11 is 3.52. The molecule has 8 rings (SSSR count). The minimum Gasteiger partial charge on any atom is -0.504 e. The number of thiophene rings is 2. The standard InChI is InChI=1S/C21H16OS.C19H12OS/c1-22-13-12-16-11-10-15-6-2-3-7-17(15)21(16)19-14-23-20-9-5-4-8-18(19)20;20-11-14-10-9-13-5-1-2-6-15(13)19(14)17-12-21-18-8-4-3-7-16(17)18/h2-14H,1H3;1-12H. The lowest BCUT2D eigenvalue weighted by Gasteiger charge is -2.10. The average molecular weight is 605 g/mol. The monoisotopic (exact) mass is 604 g/mol. The molecule has 4 heteroatoms. The van der Waals surface area contributed by atoms with Crippen LogP contribution in [0.15, 0.2) is 138 Å². The maximum Gasteiger partial charge on any atom is 0.150 e. The first kappa shape index (κ1) is 27.8. The summed E-state index contributed by atoms with van der Waals surface area (Å²) in [6.07, 6.45) is 4.73. The summed E-state index contributed by atoms with van der Waals surface area (Å²) in [6, 6.07) is 41.9. The Kier molecular flexibility index (Phi) is 7.76. The van der Waals surface area contributed by atoms with Crippen molar-refractivity contribution in [2.45, 2.75) is 0 Å². The molecular formula is C40H28O2S2. The predicted octanol–water partition coefficient (Wildman–Crippen LogP) is 11.9. The van der Waals surface area contributed by atoms with E-state index in [2.05, 4.69) is 95.7 Å². The summed E-state index contributed by atoms with van der Waals surface area (Å²) in [5.41, 5.74) is 6.67. The lowest BCUT2D eigenvalue weighted by Crippen LogP contribution is -1.89. The lowest BCUT2D eigenvalue weighted by atomic mass is 9.93. The number of rotatable bonds is 5. The number of methoxy groups -OCH3 is 1. The maximum atomic E-state index is 11.5. The Hall–Kier alpha value is -5.03. The minimum absolute atomic E-state index is 0.747. The van der Waals surface area contributed by atoms with Gasteiger partial charge < -0.3 is 4.74 Å². The van der Waals surface area contributed by atoms with E-state index in [4.69, 9.17) is 4.74 Å². The van der Waals surface area contributed by atoms with E-state index in [9.17, 15) is 4.79 Å². The molecular weight excluding hydrogens is 577 g/mol. The second kappa shape index (κ2) is 12.3. The highest BCUT2D eigenvalue weighted by Gasteiger charge is 2.14. The van der Waals surface area contributed by atoms with Crippen LogP contribution in [-0.4, -0.2) is 13.4 Å². The first-order valence-electron chi connectivity index (χ1n) is 14.4. The Morgan fingerprint density at radius 1 is 0.523 bits per heavy atom. The molecule has 2 nitrogen and oxygen atoms in total. The quantitative estimate of drug-likeness (QED) is 0.144. The van der Waals surface area contributed by atoms with E-state index in [-0.39, 0.29) is 0 Å². The number of benzene rings is 6. The largest absolute Gasteiger partial charge is 0.504 e. The topological polar surface area (TPSA) is 26.3 Å². The second-order valence-corrected chi connectivity index (χ2v) is 12.3. The number of carbonyl (C=O) groups excluding carboxylic acids is 1. The Bertz CT molecular complexity index is 2300. The summed E-state index contributed by atoms with van der Waals surface area (Å²) in [6.45, 7) is 0. The van der Waals surface area contributed by atoms with Gasteiger partial charge in [-0.05, 0) is 61.6 Å². The van der Waals surface area contributed by atoms with Crippen LogP contribution in [0.3, 0.4) is 0 Å². The summed E-state index contributed by atoms with van der Waals surface area (Å²) in [5.74, 6) is 0. The fourth-order valence-electron chi connectivity index (χ4n) is 5.90. The van der Waals surface area contributed by atoms with Gasteiger partial charge in [0.15, 0.2) is 6.29 Å². The molecule has 0 aliphatic heterocycles. The van der Waals surface area contributed by atoms with E-state index < -0.39 is 0 Å². The molecule has 0 unspecified atom stereocenters. The molecule has 0 aliphatic carbocycles. The SMILES string of the molecule is COC=Cc1ccc2ccccc2c1-c1csc2ccccc12.O=Cc1ccc2ccccc2c1-c1csc2ccccc12. The van der Waals surface area contributed by atoms with E-state index in [1.165, 1.54) is 47.6 Å². The Balaban J connectivity index is 0.000000143. The van der Waals surface area contributed by atoms with Gasteiger partial charge in [-0.15, -0.1) is 22.7 Å². The molecule has 0 atom stereocenters. The highest BCUT2D eigenvalue weighted by molar-refractivity contribution is 7.18. The summed E-state index contributed by atoms with van der Waals surface area (Å²) < 4.78 is 7.70. The lowest BCUT2D eigenvalue weighted by molar-refractivity contribution is 0.112. The van der Waals surface area contributed by atoms with Gasteiger partial charge in [-0.2, -0.15) is 0 Å². The highest BCUT2D eigenvalue weighted by atomic mass is 32.1. The summed E-state index contributed by atoms with van der Waals surface area (Å²) in [5, 5.41) is 11.7. The minimum atomic E-state index is 0.747. The molecule has 44 heavy (non-hydrogen) atoms. The van der Waals surface area contributed by atoms with E-state index in [0.717, 1.165) is 33.7 Å². The average Bonchev–Trinajstić information content (AvgIpc) is 3.71. The van der Waals surface area contributed by atoms with Crippen LogP contribution in [-0.2, 0) is 4.74 Å². The van der Waals surface area contributed by atoms with Crippen LogP contribution in [0, 0.1) is 0 Å². The number of aldehydes is 1. The Labute approximate surface area is 264 Å².